The molecule has 1 fully saturated rings. The zero-order valence-electron chi connectivity index (χ0n) is 10.5. The number of carbonyl (C=O) groups excluding carboxylic acids is 1. The zero-order chi connectivity index (χ0) is 12.4. The molecule has 94 valence electrons. The van der Waals surface area contributed by atoms with Crippen LogP contribution in [0.25, 0.3) is 0 Å². The van der Waals surface area contributed by atoms with Crippen LogP contribution >= 0.6 is 11.3 Å². The summed E-state index contributed by atoms with van der Waals surface area (Å²) < 4.78 is 4.83. The highest BCUT2D eigenvalue weighted by Crippen LogP contribution is 2.26. The first-order chi connectivity index (χ1) is 8.10. The van der Waals surface area contributed by atoms with Gasteiger partial charge in [0.25, 0.3) is 0 Å². The van der Waals surface area contributed by atoms with Gasteiger partial charge in [-0.2, -0.15) is 0 Å². The molecular formula is C12H18N2O2S. The van der Waals surface area contributed by atoms with Crippen molar-refractivity contribution in [3.8, 4) is 0 Å². The summed E-state index contributed by atoms with van der Waals surface area (Å²) in [5, 5.41) is 3.19. The number of hydrogen-bond acceptors (Lipinski definition) is 5. The summed E-state index contributed by atoms with van der Waals surface area (Å²) in [6, 6.07) is 0. The maximum Gasteiger partial charge on any atom is 0.310 e. The van der Waals surface area contributed by atoms with Crippen molar-refractivity contribution in [1.29, 1.82) is 0 Å². The fraction of sp³-hybridized carbons (Fsp3) is 0.667. The van der Waals surface area contributed by atoms with Gasteiger partial charge < -0.3 is 4.74 Å². The molecule has 1 aliphatic heterocycles. The molecule has 2 unspecified atom stereocenters. The van der Waals surface area contributed by atoms with E-state index in [1.54, 1.807) is 11.3 Å². The van der Waals surface area contributed by atoms with E-state index in [1.165, 1.54) is 7.11 Å². The van der Waals surface area contributed by atoms with Crippen molar-refractivity contribution < 1.29 is 9.53 Å². The maximum atomic E-state index is 11.6. The van der Waals surface area contributed by atoms with Crippen LogP contribution < -0.4 is 0 Å². The van der Waals surface area contributed by atoms with E-state index >= 15 is 0 Å². The fourth-order valence-electron chi connectivity index (χ4n) is 2.32. The summed E-state index contributed by atoms with van der Waals surface area (Å²) in [5.41, 5.74) is 1.07. The molecule has 0 aliphatic carbocycles. The highest BCUT2D eigenvalue weighted by Gasteiger charge is 2.35. The molecule has 2 rings (SSSR count). The number of aryl methyl sites for hydroxylation is 1. The van der Waals surface area contributed by atoms with Crippen molar-refractivity contribution in [1.82, 2.24) is 9.88 Å². The van der Waals surface area contributed by atoms with Crippen LogP contribution in [0.4, 0.5) is 0 Å². The molecule has 1 aromatic rings. The Kier molecular flexibility index (Phi) is 3.79. The van der Waals surface area contributed by atoms with Gasteiger partial charge in [0.2, 0.25) is 0 Å². The Labute approximate surface area is 106 Å². The Bertz CT molecular complexity index is 405. The van der Waals surface area contributed by atoms with Gasteiger partial charge in [-0.3, -0.25) is 9.69 Å². The predicted molar refractivity (Wildman–Crippen MR) is 66.8 cm³/mol. The van der Waals surface area contributed by atoms with Gasteiger partial charge in [-0.1, -0.05) is 6.92 Å². The first kappa shape index (κ1) is 12.5. The monoisotopic (exact) mass is 254 g/mol. The molecule has 1 aliphatic rings. The lowest BCUT2D eigenvalue weighted by molar-refractivity contribution is -0.146. The second-order valence-electron chi connectivity index (χ2n) is 4.68. The molecule has 1 saturated heterocycles. The van der Waals surface area contributed by atoms with Gasteiger partial charge in [0.05, 0.1) is 19.6 Å². The van der Waals surface area contributed by atoms with Crippen LogP contribution in [-0.4, -0.2) is 36.1 Å². The van der Waals surface area contributed by atoms with Crippen molar-refractivity contribution >= 4 is 17.3 Å². The van der Waals surface area contributed by atoms with Crippen LogP contribution in [0.15, 0.2) is 5.38 Å². The molecule has 2 heterocycles. The summed E-state index contributed by atoms with van der Waals surface area (Å²) in [4.78, 5) is 18.3. The third-order valence-electron chi connectivity index (χ3n) is 3.22. The van der Waals surface area contributed by atoms with Crippen LogP contribution in [0.5, 0.6) is 0 Å². The molecule has 0 bridgehead atoms. The molecule has 0 saturated carbocycles. The van der Waals surface area contributed by atoms with Crippen LogP contribution in [-0.2, 0) is 16.1 Å². The second kappa shape index (κ2) is 5.14. The summed E-state index contributed by atoms with van der Waals surface area (Å²) in [6.45, 7) is 6.68. The lowest BCUT2D eigenvalue weighted by atomic mass is 9.99. The number of nitrogens with zero attached hydrogens (tertiary/aromatic N) is 2. The normalized spacial score (nSPS) is 25.1. The number of methoxy groups -OCH3 is 1. The molecular weight excluding hydrogens is 236 g/mol. The lowest BCUT2D eigenvalue weighted by Crippen LogP contribution is -2.24. The number of hydrogen-bond donors (Lipinski definition) is 0. The minimum absolute atomic E-state index is 0.0149. The summed E-state index contributed by atoms with van der Waals surface area (Å²) in [7, 11) is 1.46. The van der Waals surface area contributed by atoms with Crippen molar-refractivity contribution in [2.24, 2.45) is 11.8 Å². The average molecular weight is 254 g/mol. The maximum absolute atomic E-state index is 11.6. The lowest BCUT2D eigenvalue weighted by Gasteiger charge is -2.13. The Morgan fingerprint density at radius 3 is 3.00 bits per heavy atom. The molecule has 0 aromatic carbocycles. The number of carbonyl (C=O) groups is 1. The predicted octanol–water partition coefficient (Wildman–Crippen LogP) is 1.69. The van der Waals surface area contributed by atoms with E-state index in [4.69, 9.17) is 4.74 Å². The number of rotatable bonds is 3. The molecule has 5 heteroatoms. The van der Waals surface area contributed by atoms with Gasteiger partial charge in [-0.25, -0.2) is 4.98 Å². The number of aromatic nitrogens is 1. The van der Waals surface area contributed by atoms with E-state index < -0.39 is 0 Å². The Morgan fingerprint density at radius 1 is 1.65 bits per heavy atom. The van der Waals surface area contributed by atoms with E-state index in [2.05, 4.69) is 22.2 Å². The van der Waals surface area contributed by atoms with Crippen molar-refractivity contribution in [2.45, 2.75) is 20.4 Å². The molecule has 0 amide bonds. The van der Waals surface area contributed by atoms with E-state index in [0.717, 1.165) is 30.3 Å². The average Bonchev–Trinajstić information content (AvgIpc) is 2.85. The van der Waals surface area contributed by atoms with Gasteiger partial charge in [0.15, 0.2) is 0 Å². The number of thiazole rings is 1. The van der Waals surface area contributed by atoms with Gasteiger partial charge in [0, 0.05) is 24.2 Å². The Morgan fingerprint density at radius 2 is 2.41 bits per heavy atom. The number of esters is 1. The standard InChI is InChI=1S/C12H18N2O2S/c1-8-4-14(5-10(8)12(15)16-3)6-11-13-9(2)7-17-11/h7-8,10H,4-6H2,1-3H3. The third kappa shape index (κ3) is 2.84. The third-order valence-corrected chi connectivity index (χ3v) is 4.17. The van der Waals surface area contributed by atoms with Crippen LogP contribution in [0.2, 0.25) is 0 Å². The smallest absolute Gasteiger partial charge is 0.310 e. The topological polar surface area (TPSA) is 42.4 Å². The van der Waals surface area contributed by atoms with Crippen molar-refractivity contribution in [3.63, 3.8) is 0 Å². The highest BCUT2D eigenvalue weighted by molar-refractivity contribution is 7.09. The summed E-state index contributed by atoms with van der Waals surface area (Å²) >= 11 is 1.68. The Balaban J connectivity index is 1.95. The van der Waals surface area contributed by atoms with Crippen LogP contribution in [0.1, 0.15) is 17.6 Å². The van der Waals surface area contributed by atoms with E-state index in [0.29, 0.717) is 5.92 Å². The van der Waals surface area contributed by atoms with Gasteiger partial charge in [0.1, 0.15) is 5.01 Å². The largest absolute Gasteiger partial charge is 0.469 e. The molecule has 0 spiro atoms. The molecule has 2 atom stereocenters. The minimum Gasteiger partial charge on any atom is -0.469 e. The number of likely N-dealkylation sites (tertiary alicyclic amines) is 1. The minimum atomic E-state index is -0.0877. The van der Waals surface area contributed by atoms with E-state index in [-0.39, 0.29) is 11.9 Å². The van der Waals surface area contributed by atoms with Gasteiger partial charge in [-0.15, -0.1) is 11.3 Å². The highest BCUT2D eigenvalue weighted by atomic mass is 32.1. The molecule has 4 nitrogen and oxygen atoms in total. The molecule has 0 N–H and O–H groups in total. The first-order valence-electron chi connectivity index (χ1n) is 5.81. The van der Waals surface area contributed by atoms with Crippen molar-refractivity contribution in [3.05, 3.63) is 16.1 Å². The quantitative estimate of drug-likeness (QED) is 0.770. The summed E-state index contributed by atoms with van der Waals surface area (Å²) in [5.74, 6) is 0.292. The Hall–Kier alpha value is -0.940. The fourth-order valence-corrected chi connectivity index (χ4v) is 3.13. The van der Waals surface area contributed by atoms with Gasteiger partial charge in [-0.05, 0) is 12.8 Å². The van der Waals surface area contributed by atoms with E-state index in [1.807, 2.05) is 6.92 Å². The molecule has 17 heavy (non-hydrogen) atoms. The molecule has 1 aromatic heterocycles. The van der Waals surface area contributed by atoms with Crippen LogP contribution in [0, 0.1) is 18.8 Å². The first-order valence-corrected chi connectivity index (χ1v) is 6.69. The van der Waals surface area contributed by atoms with E-state index in [9.17, 15) is 4.79 Å². The zero-order valence-corrected chi connectivity index (χ0v) is 11.3. The number of ether oxygens (including phenoxy) is 1. The van der Waals surface area contributed by atoms with Crippen LogP contribution in [0.3, 0.4) is 0 Å². The van der Waals surface area contributed by atoms with Crippen molar-refractivity contribution in [2.75, 3.05) is 20.2 Å². The SMILES string of the molecule is COC(=O)C1CN(Cc2nc(C)cs2)CC1C. The van der Waals surface area contributed by atoms with Gasteiger partial charge >= 0.3 is 5.97 Å². The second-order valence-corrected chi connectivity index (χ2v) is 5.63. The molecule has 0 radical (unpaired) electrons. The summed E-state index contributed by atoms with van der Waals surface area (Å²) in [6.07, 6.45) is 0.